The van der Waals surface area contributed by atoms with E-state index in [-0.39, 0.29) is 29.3 Å². The minimum atomic E-state index is -0.405. The van der Waals surface area contributed by atoms with E-state index < -0.39 is 6.03 Å². The summed E-state index contributed by atoms with van der Waals surface area (Å²) in [5, 5.41) is 20.3. The number of para-hydroxylation sites is 1. The monoisotopic (exact) mass is 626 g/mol. The molecule has 3 N–H and O–H groups in total. The summed E-state index contributed by atoms with van der Waals surface area (Å²) in [7, 11) is 0. The van der Waals surface area contributed by atoms with E-state index in [1.165, 1.54) is 0 Å². The molecule has 3 heterocycles. The van der Waals surface area contributed by atoms with Crippen LogP contribution in [0.2, 0.25) is 0 Å². The number of carbonyl (C=O) groups is 2. The third-order valence-corrected chi connectivity index (χ3v) is 8.50. The summed E-state index contributed by atoms with van der Waals surface area (Å²) in [6.45, 7) is 8.46. The molecule has 0 aliphatic carbocycles. The van der Waals surface area contributed by atoms with Crippen LogP contribution in [0.1, 0.15) is 39.0 Å². The predicted octanol–water partition coefficient (Wildman–Crippen LogP) is 7.13. The topological polar surface area (TPSA) is 121 Å². The van der Waals surface area contributed by atoms with E-state index in [9.17, 15) is 14.7 Å². The van der Waals surface area contributed by atoms with E-state index in [1.807, 2.05) is 59.6 Å². The summed E-state index contributed by atoms with van der Waals surface area (Å²) in [5.41, 5.74) is 2.75. The molecular formula is C33H34N6O5S. The Morgan fingerprint density at radius 1 is 1.02 bits per heavy atom. The zero-order chi connectivity index (χ0) is 31.7. The van der Waals surface area contributed by atoms with Crippen molar-refractivity contribution in [3.8, 4) is 22.9 Å². The number of urea groups is 1. The average molecular weight is 627 g/mol. The van der Waals surface area contributed by atoms with Gasteiger partial charge in [-0.05, 0) is 49.4 Å². The van der Waals surface area contributed by atoms with Gasteiger partial charge in [-0.15, -0.1) is 0 Å². The molecule has 3 aromatic carbocycles. The van der Waals surface area contributed by atoms with Gasteiger partial charge in [0.25, 0.3) is 0 Å². The highest BCUT2D eigenvalue weighted by Crippen LogP contribution is 2.49. The molecule has 11 nitrogen and oxygen atoms in total. The maximum Gasteiger partial charge on any atom is 0.416 e. The van der Waals surface area contributed by atoms with Crippen LogP contribution in [0.5, 0.6) is 17.2 Å². The maximum atomic E-state index is 13.1. The molecule has 0 saturated carbocycles. The molecule has 2 aliphatic rings. The van der Waals surface area contributed by atoms with Crippen molar-refractivity contribution in [2.24, 2.45) is 0 Å². The average Bonchev–Trinajstić information content (AvgIpc) is 3.71. The van der Waals surface area contributed by atoms with Crippen LogP contribution in [0.25, 0.3) is 5.69 Å². The highest BCUT2D eigenvalue weighted by Gasteiger charge is 2.39. The first-order valence-electron chi connectivity index (χ1n) is 14.5. The number of aromatic hydroxyl groups is 1. The number of nitrogens with one attached hydrogen (secondary N) is 2. The number of hydrogen-bond donors (Lipinski definition) is 3. The molecule has 6 rings (SSSR count). The minimum Gasteiger partial charge on any atom is -0.508 e. The van der Waals surface area contributed by atoms with Crippen molar-refractivity contribution in [1.29, 1.82) is 0 Å². The minimum absolute atomic E-state index is 0.145. The van der Waals surface area contributed by atoms with Gasteiger partial charge in [-0.3, -0.25) is 10.2 Å². The first-order chi connectivity index (χ1) is 21.6. The summed E-state index contributed by atoms with van der Waals surface area (Å²) in [6.07, 6.45) is 3.20. The van der Waals surface area contributed by atoms with Gasteiger partial charge in [-0.25, -0.2) is 14.3 Å². The van der Waals surface area contributed by atoms with Gasteiger partial charge in [0, 0.05) is 47.0 Å². The predicted molar refractivity (Wildman–Crippen MR) is 173 cm³/mol. The Balaban J connectivity index is 1.14. The summed E-state index contributed by atoms with van der Waals surface area (Å²) in [6, 6.07) is 21.4. The van der Waals surface area contributed by atoms with Crippen LogP contribution < -0.4 is 20.3 Å². The van der Waals surface area contributed by atoms with Crippen molar-refractivity contribution in [1.82, 2.24) is 20.0 Å². The van der Waals surface area contributed by atoms with Gasteiger partial charge in [0.05, 0.1) is 23.7 Å². The third-order valence-electron chi connectivity index (χ3n) is 7.24. The zero-order valence-corrected chi connectivity index (χ0v) is 26.2. The molecule has 0 radical (unpaired) electrons. The smallest absolute Gasteiger partial charge is 0.416 e. The van der Waals surface area contributed by atoms with Gasteiger partial charge >= 0.3 is 12.1 Å². The van der Waals surface area contributed by atoms with Crippen molar-refractivity contribution in [3.05, 3.63) is 96.5 Å². The number of hydrogen-bond acceptors (Lipinski definition) is 8. The lowest BCUT2D eigenvalue weighted by Crippen LogP contribution is -2.37. The van der Waals surface area contributed by atoms with Crippen molar-refractivity contribution < 1.29 is 24.2 Å². The molecule has 0 spiro atoms. The van der Waals surface area contributed by atoms with Crippen molar-refractivity contribution in [2.75, 3.05) is 16.8 Å². The Morgan fingerprint density at radius 2 is 1.80 bits per heavy atom. The lowest BCUT2D eigenvalue weighted by Gasteiger charge is -2.23. The van der Waals surface area contributed by atoms with Gasteiger partial charge in [0.15, 0.2) is 5.50 Å². The van der Waals surface area contributed by atoms with Crippen LogP contribution >= 0.6 is 11.8 Å². The lowest BCUT2D eigenvalue weighted by atomic mass is 9.92. The fourth-order valence-corrected chi connectivity index (χ4v) is 6.13. The molecule has 1 aromatic heterocycles. The molecule has 45 heavy (non-hydrogen) atoms. The number of anilines is 2. The standard InChI is InChI=1S/C33H34N6O5S/c1-5-43-32(42)38-17-16-37-25-18-24(14-15-27(25)45-31(37)38)44-26-9-7-6-8-21(26)20-34-30(41)35-29-19-28(33(2,3)4)36-39(29)22-10-12-23(40)13-11-22/h6-19,31,40H,5,20H2,1-4H3,(H2,34,35,41). The normalized spacial score (nSPS) is 15.1. The number of amides is 3. The third kappa shape index (κ3) is 6.27. The Kier molecular flexibility index (Phi) is 8.07. The molecular weight excluding hydrogens is 592 g/mol. The van der Waals surface area contributed by atoms with Crippen molar-refractivity contribution in [2.45, 2.75) is 50.0 Å². The van der Waals surface area contributed by atoms with E-state index in [4.69, 9.17) is 14.6 Å². The van der Waals surface area contributed by atoms with Gasteiger partial charge in [-0.2, -0.15) is 5.10 Å². The van der Waals surface area contributed by atoms with Gasteiger partial charge in [0.2, 0.25) is 0 Å². The molecule has 12 heteroatoms. The quantitative estimate of drug-likeness (QED) is 0.198. The second-order valence-corrected chi connectivity index (χ2v) is 12.6. The first kappa shape index (κ1) is 29.9. The zero-order valence-electron chi connectivity index (χ0n) is 25.4. The highest BCUT2D eigenvalue weighted by atomic mass is 32.2. The molecule has 4 aromatic rings. The molecule has 1 unspecified atom stereocenters. The van der Waals surface area contributed by atoms with E-state index in [2.05, 4.69) is 31.4 Å². The second kappa shape index (κ2) is 12.1. The summed E-state index contributed by atoms with van der Waals surface area (Å²) in [4.78, 5) is 30.1. The van der Waals surface area contributed by atoms with Gasteiger partial charge in [-0.1, -0.05) is 50.7 Å². The molecule has 2 aliphatic heterocycles. The van der Waals surface area contributed by atoms with Crippen molar-refractivity contribution >= 4 is 35.4 Å². The Labute approximate surface area is 265 Å². The number of phenols is 1. The number of rotatable bonds is 7. The van der Waals surface area contributed by atoms with E-state index in [0.29, 0.717) is 29.6 Å². The van der Waals surface area contributed by atoms with Crippen LogP contribution in [0.3, 0.4) is 0 Å². The highest BCUT2D eigenvalue weighted by molar-refractivity contribution is 8.00. The number of fused-ring (bicyclic) bond motifs is 3. The SMILES string of the molecule is CCOC(=O)N1C=CN2c3cc(Oc4ccccc4CNC(=O)Nc4cc(C(C)(C)C)nn4-c4ccc(O)cc4)ccc3SC12. The molecule has 232 valence electrons. The lowest BCUT2D eigenvalue weighted by molar-refractivity contribution is 0.122. The number of nitrogens with zero attached hydrogens (tertiary/aromatic N) is 4. The number of aromatic nitrogens is 2. The van der Waals surface area contributed by atoms with E-state index in [0.717, 1.165) is 21.8 Å². The largest absolute Gasteiger partial charge is 0.508 e. The van der Waals surface area contributed by atoms with Crippen LogP contribution in [-0.2, 0) is 16.7 Å². The van der Waals surface area contributed by atoms with Crippen molar-refractivity contribution in [3.63, 3.8) is 0 Å². The second-order valence-electron chi connectivity index (χ2n) is 11.5. The van der Waals surface area contributed by atoms with Crippen LogP contribution in [0, 0.1) is 0 Å². The van der Waals surface area contributed by atoms with Crippen LogP contribution in [0.15, 0.2) is 90.1 Å². The van der Waals surface area contributed by atoms with Crippen LogP contribution in [-0.4, -0.2) is 44.0 Å². The molecule has 0 saturated heterocycles. The number of benzene rings is 3. The number of ether oxygens (including phenoxy) is 2. The van der Waals surface area contributed by atoms with Gasteiger partial charge < -0.3 is 24.8 Å². The fraction of sp³-hybridized carbons (Fsp3) is 0.242. The summed E-state index contributed by atoms with van der Waals surface area (Å²) >= 11 is 1.56. The van der Waals surface area contributed by atoms with E-state index in [1.54, 1.807) is 58.7 Å². The number of thioether (sulfide) groups is 1. The maximum absolute atomic E-state index is 13.1. The summed E-state index contributed by atoms with van der Waals surface area (Å²) in [5.74, 6) is 1.88. The van der Waals surface area contributed by atoms with E-state index >= 15 is 0 Å². The van der Waals surface area contributed by atoms with Crippen LogP contribution in [0.4, 0.5) is 21.1 Å². The molecule has 0 fully saturated rings. The summed E-state index contributed by atoms with van der Waals surface area (Å²) < 4.78 is 13.1. The molecule has 3 amide bonds. The molecule has 1 atom stereocenters. The molecule has 0 bridgehead atoms. The Morgan fingerprint density at radius 3 is 2.56 bits per heavy atom. The van der Waals surface area contributed by atoms with Gasteiger partial charge in [0.1, 0.15) is 23.1 Å². The Bertz CT molecular complexity index is 1760. The Hall–Kier alpha value is -5.10. The first-order valence-corrected chi connectivity index (χ1v) is 15.4. The fourth-order valence-electron chi connectivity index (χ4n) is 4.90. The number of phenolic OH excluding ortho intramolecular Hbond substituents is 1. The number of carbonyl (C=O) groups excluding carboxylic acids is 2.